The minimum Gasteiger partial charge on any atom is -0.465 e. The Morgan fingerprint density at radius 3 is 2.61 bits per heavy atom. The first kappa shape index (κ1) is 19.7. The fraction of sp³-hybridized carbons (Fsp3) is 0.304. The SMILES string of the molecule is CCOC(=O)[C@]12C(=O)Oc3ccccc3[C@H]1[C@]1(NC2=S)C(=O)N(CC)c2ccccc21. The van der Waals surface area contributed by atoms with E-state index in [0.29, 0.717) is 23.4 Å². The zero-order valence-electron chi connectivity index (χ0n) is 17.0. The van der Waals surface area contributed by atoms with E-state index in [4.69, 9.17) is 21.7 Å². The van der Waals surface area contributed by atoms with Crippen LogP contribution in [0.5, 0.6) is 5.75 Å². The lowest BCUT2D eigenvalue weighted by atomic mass is 9.63. The van der Waals surface area contributed by atoms with Crippen molar-refractivity contribution in [1.82, 2.24) is 5.32 Å². The molecule has 0 unspecified atom stereocenters. The number of anilines is 1. The Morgan fingerprint density at radius 2 is 1.87 bits per heavy atom. The molecule has 3 aliphatic heterocycles. The number of carbonyl (C=O) groups excluding carboxylic acids is 3. The van der Waals surface area contributed by atoms with Crippen LogP contribution in [0.25, 0.3) is 0 Å². The first-order chi connectivity index (χ1) is 14.9. The van der Waals surface area contributed by atoms with Crippen molar-refractivity contribution in [2.75, 3.05) is 18.1 Å². The number of nitrogens with one attached hydrogen (secondary N) is 1. The van der Waals surface area contributed by atoms with Gasteiger partial charge in [-0.1, -0.05) is 48.6 Å². The Hall–Kier alpha value is -3.26. The second-order valence-corrected chi connectivity index (χ2v) is 8.13. The number of carbonyl (C=O) groups is 3. The van der Waals surface area contributed by atoms with Crippen LogP contribution in [0, 0.1) is 5.41 Å². The summed E-state index contributed by atoms with van der Waals surface area (Å²) >= 11 is 5.61. The predicted octanol–water partition coefficient (Wildman–Crippen LogP) is 2.43. The molecule has 5 rings (SSSR count). The fourth-order valence-electron chi connectivity index (χ4n) is 5.21. The van der Waals surface area contributed by atoms with Gasteiger partial charge in [0.15, 0.2) is 5.54 Å². The largest absolute Gasteiger partial charge is 0.465 e. The van der Waals surface area contributed by atoms with E-state index in [1.807, 2.05) is 31.2 Å². The summed E-state index contributed by atoms with van der Waals surface area (Å²) in [6.07, 6.45) is 0. The topological polar surface area (TPSA) is 84.9 Å². The predicted molar refractivity (Wildman–Crippen MR) is 116 cm³/mol. The zero-order valence-corrected chi connectivity index (χ0v) is 17.8. The van der Waals surface area contributed by atoms with E-state index in [0.717, 1.165) is 5.69 Å². The third-order valence-electron chi connectivity index (χ3n) is 6.41. The van der Waals surface area contributed by atoms with Gasteiger partial charge in [-0.2, -0.15) is 0 Å². The number of likely N-dealkylation sites (N-methyl/N-ethyl adjacent to an activating group) is 1. The molecular formula is C23H20N2O5S. The van der Waals surface area contributed by atoms with Crippen molar-refractivity contribution in [3.8, 4) is 5.75 Å². The third-order valence-corrected chi connectivity index (χ3v) is 6.83. The number of nitrogens with zero attached hydrogens (tertiary/aromatic N) is 1. The second-order valence-electron chi connectivity index (χ2n) is 7.72. The summed E-state index contributed by atoms with van der Waals surface area (Å²) in [5.41, 5.74) is -1.42. The number of thiocarbonyl (C=S) groups is 1. The highest BCUT2D eigenvalue weighted by atomic mass is 32.1. The summed E-state index contributed by atoms with van der Waals surface area (Å²) in [5, 5.41) is 3.13. The quantitative estimate of drug-likeness (QED) is 0.342. The first-order valence-corrected chi connectivity index (χ1v) is 10.6. The molecule has 1 saturated heterocycles. The molecule has 1 spiro atoms. The Morgan fingerprint density at radius 1 is 1.16 bits per heavy atom. The highest BCUT2D eigenvalue weighted by molar-refractivity contribution is 7.80. The summed E-state index contributed by atoms with van der Waals surface area (Å²) in [5.74, 6) is -2.55. The summed E-state index contributed by atoms with van der Waals surface area (Å²) in [6.45, 7) is 4.02. The molecule has 0 radical (unpaired) electrons. The molecule has 0 bridgehead atoms. The van der Waals surface area contributed by atoms with Crippen LogP contribution in [0.3, 0.4) is 0 Å². The van der Waals surface area contributed by atoms with Gasteiger partial charge in [-0.3, -0.25) is 9.59 Å². The molecule has 8 heteroatoms. The number of esters is 2. The number of rotatable bonds is 3. The first-order valence-electron chi connectivity index (χ1n) is 10.2. The number of benzene rings is 2. The summed E-state index contributed by atoms with van der Waals surface area (Å²) in [6, 6.07) is 14.3. The second kappa shape index (κ2) is 6.62. The Kier molecular flexibility index (Phi) is 4.20. The third kappa shape index (κ3) is 2.18. The lowest BCUT2D eigenvalue weighted by Gasteiger charge is -2.39. The van der Waals surface area contributed by atoms with Crippen LogP contribution in [0.15, 0.2) is 48.5 Å². The molecular weight excluding hydrogens is 416 g/mol. The van der Waals surface area contributed by atoms with Gasteiger partial charge < -0.3 is 19.7 Å². The summed E-state index contributed by atoms with van der Waals surface area (Å²) in [4.78, 5) is 42.3. The molecule has 3 aliphatic rings. The van der Waals surface area contributed by atoms with Crippen LogP contribution in [0.2, 0.25) is 0 Å². The number of fused-ring (bicyclic) bond motifs is 6. The molecule has 3 heterocycles. The van der Waals surface area contributed by atoms with Crippen LogP contribution in [0.1, 0.15) is 30.9 Å². The van der Waals surface area contributed by atoms with Gasteiger partial charge in [0.1, 0.15) is 10.7 Å². The van der Waals surface area contributed by atoms with Crippen molar-refractivity contribution in [3.05, 3.63) is 59.7 Å². The van der Waals surface area contributed by atoms with Gasteiger partial charge in [-0.05, 0) is 26.0 Å². The average Bonchev–Trinajstić information content (AvgIpc) is 3.19. The smallest absolute Gasteiger partial charge is 0.336 e. The zero-order chi connectivity index (χ0) is 22.0. The molecule has 1 amide bonds. The number of hydrogen-bond donors (Lipinski definition) is 1. The van der Waals surface area contributed by atoms with Gasteiger partial charge in [0.2, 0.25) is 5.41 Å². The van der Waals surface area contributed by atoms with Crippen LogP contribution >= 0.6 is 12.2 Å². The van der Waals surface area contributed by atoms with Crippen LogP contribution < -0.4 is 15.0 Å². The van der Waals surface area contributed by atoms with Crippen molar-refractivity contribution in [2.45, 2.75) is 25.3 Å². The fourth-order valence-corrected chi connectivity index (χ4v) is 5.65. The summed E-state index contributed by atoms with van der Waals surface area (Å²) in [7, 11) is 0. The molecule has 0 aliphatic carbocycles. The van der Waals surface area contributed by atoms with E-state index in [2.05, 4.69) is 5.32 Å². The molecule has 31 heavy (non-hydrogen) atoms. The van der Waals surface area contributed by atoms with E-state index >= 15 is 0 Å². The molecule has 0 aromatic heterocycles. The maximum atomic E-state index is 14.0. The van der Waals surface area contributed by atoms with Gasteiger partial charge in [0, 0.05) is 23.4 Å². The van der Waals surface area contributed by atoms with E-state index < -0.39 is 28.8 Å². The number of hydrogen-bond acceptors (Lipinski definition) is 6. The molecule has 0 saturated carbocycles. The van der Waals surface area contributed by atoms with Gasteiger partial charge in [0.25, 0.3) is 5.91 Å². The lowest BCUT2D eigenvalue weighted by molar-refractivity contribution is -0.164. The molecule has 2 aromatic carbocycles. The molecule has 2 aromatic rings. The number of ether oxygens (including phenoxy) is 2. The molecule has 3 atom stereocenters. The number of amides is 1. The van der Waals surface area contributed by atoms with E-state index in [1.165, 1.54) is 0 Å². The van der Waals surface area contributed by atoms with Gasteiger partial charge >= 0.3 is 11.9 Å². The number of para-hydroxylation sites is 2. The molecule has 7 nitrogen and oxygen atoms in total. The monoisotopic (exact) mass is 436 g/mol. The van der Waals surface area contributed by atoms with Crippen molar-refractivity contribution in [1.29, 1.82) is 0 Å². The van der Waals surface area contributed by atoms with Gasteiger partial charge in [-0.15, -0.1) is 0 Å². The van der Waals surface area contributed by atoms with Crippen LogP contribution in [-0.4, -0.2) is 36.0 Å². The van der Waals surface area contributed by atoms with E-state index in [9.17, 15) is 14.4 Å². The van der Waals surface area contributed by atoms with E-state index in [-0.39, 0.29) is 17.5 Å². The standard InChI is InChI=1S/C23H20N2O5S/c1-3-25-15-11-7-6-10-14(15)23(19(25)26)17-13-9-5-8-12-16(13)30-21(28)22(17,18(31)24-23)20(27)29-4-2/h5-12,17H,3-4H2,1-2H3,(H,24,31)/t17-,22+,23+/m1/s1. The Bertz CT molecular complexity index is 1160. The lowest BCUT2D eigenvalue weighted by Crippen LogP contribution is -2.55. The van der Waals surface area contributed by atoms with Crippen LogP contribution in [0.4, 0.5) is 5.69 Å². The Labute approximate surface area is 184 Å². The summed E-state index contributed by atoms with van der Waals surface area (Å²) < 4.78 is 10.9. The van der Waals surface area contributed by atoms with Gasteiger partial charge in [0.05, 0.1) is 12.5 Å². The van der Waals surface area contributed by atoms with Crippen molar-refractivity contribution in [2.24, 2.45) is 5.41 Å². The van der Waals surface area contributed by atoms with Crippen molar-refractivity contribution < 1.29 is 23.9 Å². The highest BCUT2D eigenvalue weighted by Gasteiger charge is 2.77. The van der Waals surface area contributed by atoms with Gasteiger partial charge in [-0.25, -0.2) is 4.79 Å². The minimum atomic E-state index is -1.95. The van der Waals surface area contributed by atoms with Crippen LogP contribution in [-0.2, 0) is 24.7 Å². The Balaban J connectivity index is 1.87. The van der Waals surface area contributed by atoms with Crippen molar-refractivity contribution in [3.63, 3.8) is 0 Å². The molecule has 158 valence electrons. The maximum absolute atomic E-state index is 14.0. The molecule has 1 N–H and O–H groups in total. The minimum absolute atomic E-state index is 0.0587. The maximum Gasteiger partial charge on any atom is 0.336 e. The normalized spacial score (nSPS) is 28.0. The average molecular weight is 436 g/mol. The highest BCUT2D eigenvalue weighted by Crippen LogP contribution is 2.62. The van der Waals surface area contributed by atoms with Crippen molar-refractivity contribution >= 4 is 40.7 Å². The molecule has 1 fully saturated rings. The van der Waals surface area contributed by atoms with E-state index in [1.54, 1.807) is 36.1 Å².